The zero-order valence-corrected chi connectivity index (χ0v) is 21.2. The monoisotopic (exact) mass is 476 g/mol. The van der Waals surface area contributed by atoms with Crippen LogP contribution in [0.3, 0.4) is 0 Å². The minimum absolute atomic E-state index is 0.0605. The molecular formula is C23H36N6O3S. The molecule has 0 saturated heterocycles. The van der Waals surface area contributed by atoms with Crippen molar-refractivity contribution in [2.75, 3.05) is 32.6 Å². The van der Waals surface area contributed by atoms with Crippen LogP contribution in [0.2, 0.25) is 0 Å². The maximum Gasteiger partial charge on any atom is 0.269 e. The second kappa shape index (κ2) is 13.0. The van der Waals surface area contributed by atoms with Gasteiger partial charge in [-0.1, -0.05) is 46.2 Å². The van der Waals surface area contributed by atoms with E-state index in [2.05, 4.69) is 16.6 Å². The highest BCUT2D eigenvalue weighted by Gasteiger charge is 2.27. The second-order valence-corrected chi connectivity index (χ2v) is 10.0. The second-order valence-electron chi connectivity index (χ2n) is 8.11. The number of para-hydroxylation sites is 1. The highest BCUT2D eigenvalue weighted by molar-refractivity contribution is 7.89. The molecule has 0 heterocycles. The smallest absolute Gasteiger partial charge is 0.269 e. The molecule has 0 aromatic heterocycles. The standard InChI is InChI=1S/C23H36N6O3S/c1-7-9-15-29(14-8-2)33(31,32)20-13-11-10-12-18(20)26-27-22(23(25)30)21(17(3)4)19(16-24)28(5)6/h10-13,17,26H,7-9,14-15H2,1-6H3,(H2,25,30)/b21-19-,27-22-. The summed E-state index contributed by atoms with van der Waals surface area (Å²) in [7, 11) is -0.417. The van der Waals surface area contributed by atoms with Gasteiger partial charge in [-0.25, -0.2) is 8.42 Å². The van der Waals surface area contributed by atoms with Crippen LogP contribution in [0.25, 0.3) is 0 Å². The van der Waals surface area contributed by atoms with Crippen LogP contribution in [-0.2, 0) is 14.8 Å². The average molecular weight is 477 g/mol. The molecule has 0 bridgehead atoms. The Hall–Kier alpha value is -2.90. The molecule has 9 nitrogen and oxygen atoms in total. The number of nitriles is 1. The summed E-state index contributed by atoms with van der Waals surface area (Å²) in [5, 5.41) is 13.8. The van der Waals surface area contributed by atoms with Crippen molar-refractivity contribution in [1.29, 1.82) is 5.26 Å². The van der Waals surface area contributed by atoms with Gasteiger partial charge in [0.05, 0.1) is 5.69 Å². The van der Waals surface area contributed by atoms with Crippen molar-refractivity contribution >= 4 is 27.3 Å². The lowest BCUT2D eigenvalue weighted by Crippen LogP contribution is -2.33. The molecule has 1 aromatic carbocycles. The van der Waals surface area contributed by atoms with E-state index in [-0.39, 0.29) is 27.9 Å². The number of anilines is 1. The fourth-order valence-electron chi connectivity index (χ4n) is 3.28. The van der Waals surface area contributed by atoms with Crippen molar-refractivity contribution in [3.63, 3.8) is 0 Å². The summed E-state index contributed by atoms with van der Waals surface area (Å²) in [6.45, 7) is 8.41. The first-order valence-corrected chi connectivity index (χ1v) is 12.5. The summed E-state index contributed by atoms with van der Waals surface area (Å²) in [4.78, 5) is 13.9. The number of nitrogens with zero attached hydrogens (tertiary/aromatic N) is 4. The fraction of sp³-hybridized carbons (Fsp3) is 0.522. The van der Waals surface area contributed by atoms with Crippen molar-refractivity contribution in [3.8, 4) is 6.07 Å². The Morgan fingerprint density at radius 3 is 2.30 bits per heavy atom. The number of allylic oxidation sites excluding steroid dienone is 1. The van der Waals surface area contributed by atoms with Gasteiger partial charge in [-0.15, -0.1) is 0 Å². The lowest BCUT2D eigenvalue weighted by atomic mass is 9.95. The largest absolute Gasteiger partial charge is 0.369 e. The Bertz CT molecular complexity index is 1020. The third-order valence-electron chi connectivity index (χ3n) is 4.90. The highest BCUT2D eigenvalue weighted by atomic mass is 32.2. The lowest BCUT2D eigenvalue weighted by molar-refractivity contribution is -0.112. The number of amides is 1. The zero-order chi connectivity index (χ0) is 25.2. The third-order valence-corrected chi connectivity index (χ3v) is 6.86. The molecule has 10 heteroatoms. The number of benzene rings is 1. The number of carbonyl (C=O) groups excluding carboxylic acids is 1. The van der Waals surface area contributed by atoms with Crippen LogP contribution < -0.4 is 11.2 Å². The van der Waals surface area contributed by atoms with Gasteiger partial charge in [-0.3, -0.25) is 10.2 Å². The molecule has 0 aliphatic heterocycles. The number of rotatable bonds is 13. The third kappa shape index (κ3) is 7.30. The molecule has 0 aliphatic rings. The summed E-state index contributed by atoms with van der Waals surface area (Å²) >= 11 is 0. The van der Waals surface area contributed by atoms with Crippen LogP contribution >= 0.6 is 0 Å². The predicted molar refractivity (Wildman–Crippen MR) is 132 cm³/mol. The molecule has 0 saturated carbocycles. The van der Waals surface area contributed by atoms with E-state index in [4.69, 9.17) is 5.73 Å². The van der Waals surface area contributed by atoms with Crippen molar-refractivity contribution < 1.29 is 13.2 Å². The Labute approximate surface area is 198 Å². The van der Waals surface area contributed by atoms with E-state index in [1.54, 1.807) is 37.2 Å². The molecule has 0 aliphatic carbocycles. The number of primary amides is 1. The molecule has 3 N–H and O–H groups in total. The number of nitrogens with one attached hydrogen (secondary N) is 1. The average Bonchev–Trinajstić information content (AvgIpc) is 2.75. The molecule has 0 unspecified atom stereocenters. The van der Waals surface area contributed by atoms with Gasteiger partial charge >= 0.3 is 0 Å². The minimum Gasteiger partial charge on any atom is -0.369 e. The maximum atomic E-state index is 13.4. The Morgan fingerprint density at radius 1 is 1.18 bits per heavy atom. The molecule has 1 aromatic rings. The minimum atomic E-state index is -3.79. The summed E-state index contributed by atoms with van der Waals surface area (Å²) in [5.41, 5.74) is 9.05. The van der Waals surface area contributed by atoms with E-state index < -0.39 is 15.9 Å². The van der Waals surface area contributed by atoms with E-state index in [1.165, 1.54) is 10.4 Å². The summed E-state index contributed by atoms with van der Waals surface area (Å²) in [5.74, 6) is -1.06. The van der Waals surface area contributed by atoms with Gasteiger partial charge in [0.25, 0.3) is 5.91 Å². The number of hydrogen-bond acceptors (Lipinski definition) is 7. The van der Waals surface area contributed by atoms with E-state index in [9.17, 15) is 18.5 Å². The number of hydrogen-bond donors (Lipinski definition) is 2. The quantitative estimate of drug-likeness (QED) is 0.255. The first-order valence-electron chi connectivity index (χ1n) is 11.1. The summed E-state index contributed by atoms with van der Waals surface area (Å²) in [6, 6.07) is 8.49. The Kier molecular flexibility index (Phi) is 11.1. The van der Waals surface area contributed by atoms with E-state index in [1.807, 2.05) is 27.7 Å². The van der Waals surface area contributed by atoms with Crippen LogP contribution in [0.4, 0.5) is 5.69 Å². The van der Waals surface area contributed by atoms with Crippen LogP contribution in [0.5, 0.6) is 0 Å². The molecule has 0 spiro atoms. The highest BCUT2D eigenvalue weighted by Crippen LogP contribution is 2.26. The van der Waals surface area contributed by atoms with E-state index >= 15 is 0 Å². The predicted octanol–water partition coefficient (Wildman–Crippen LogP) is 3.14. The molecule has 1 rings (SSSR count). The van der Waals surface area contributed by atoms with Crippen molar-refractivity contribution in [2.45, 2.75) is 51.9 Å². The van der Waals surface area contributed by atoms with Crippen LogP contribution in [0.15, 0.2) is 45.5 Å². The van der Waals surface area contributed by atoms with Gasteiger partial charge in [0, 0.05) is 32.8 Å². The van der Waals surface area contributed by atoms with E-state index in [0.29, 0.717) is 25.1 Å². The molecule has 0 atom stereocenters. The molecule has 0 fully saturated rings. The van der Waals surface area contributed by atoms with Crippen molar-refractivity contribution in [2.24, 2.45) is 16.8 Å². The number of nitrogens with two attached hydrogens (primary N) is 1. The van der Waals surface area contributed by atoms with Gasteiger partial charge in [-0.05, 0) is 30.9 Å². The molecule has 1 amide bonds. The number of sulfonamides is 1. The van der Waals surface area contributed by atoms with E-state index in [0.717, 1.165) is 12.8 Å². The van der Waals surface area contributed by atoms with Crippen LogP contribution in [0.1, 0.15) is 47.0 Å². The SMILES string of the molecule is CCCCN(CCC)S(=O)(=O)c1ccccc1N/N=C(C(N)=O)/C(=C(/C#N)N(C)C)C(C)C. The van der Waals surface area contributed by atoms with Crippen LogP contribution in [-0.4, -0.2) is 56.4 Å². The number of unbranched alkanes of at least 4 members (excludes halogenated alkanes) is 1. The van der Waals surface area contributed by atoms with Gasteiger partial charge in [0.1, 0.15) is 16.7 Å². The fourth-order valence-corrected chi connectivity index (χ4v) is 5.00. The Balaban J connectivity index is 3.57. The zero-order valence-electron chi connectivity index (χ0n) is 20.4. The van der Waals surface area contributed by atoms with Gasteiger partial charge in [0.2, 0.25) is 10.0 Å². The van der Waals surface area contributed by atoms with Gasteiger partial charge in [-0.2, -0.15) is 14.7 Å². The first-order chi connectivity index (χ1) is 15.5. The molecule has 0 radical (unpaired) electrons. The lowest BCUT2D eigenvalue weighted by Gasteiger charge is -2.23. The number of hydrazone groups is 1. The topological polar surface area (TPSA) is 132 Å². The molecule has 33 heavy (non-hydrogen) atoms. The maximum absolute atomic E-state index is 13.4. The normalized spacial score (nSPS) is 13.0. The van der Waals surface area contributed by atoms with Crippen molar-refractivity contribution in [3.05, 3.63) is 35.5 Å². The summed E-state index contributed by atoms with van der Waals surface area (Å²) in [6.07, 6.45) is 2.31. The first kappa shape index (κ1) is 28.1. The van der Waals surface area contributed by atoms with Crippen LogP contribution in [0, 0.1) is 17.2 Å². The molecular weight excluding hydrogens is 440 g/mol. The van der Waals surface area contributed by atoms with Crippen molar-refractivity contribution in [1.82, 2.24) is 9.21 Å². The van der Waals surface area contributed by atoms with Gasteiger partial charge < -0.3 is 10.6 Å². The Morgan fingerprint density at radius 2 is 1.82 bits per heavy atom. The number of carbonyl (C=O) groups is 1. The van der Waals surface area contributed by atoms with Gasteiger partial charge in [0.15, 0.2) is 5.71 Å². The summed E-state index contributed by atoms with van der Waals surface area (Å²) < 4.78 is 28.3. The molecule has 182 valence electrons.